The normalized spacial score (nSPS) is 19.8. The first-order valence-electron chi connectivity index (χ1n) is 5.64. The van der Waals surface area contributed by atoms with E-state index in [0.717, 1.165) is 11.7 Å². The number of carbonyl (C=O) groups excluding carboxylic acids is 1. The van der Waals surface area contributed by atoms with Crippen molar-refractivity contribution in [3.8, 4) is 0 Å². The highest BCUT2D eigenvalue weighted by Gasteiger charge is 2.20. The number of rotatable bonds is 4. The second-order valence-electron chi connectivity index (χ2n) is 4.66. The van der Waals surface area contributed by atoms with Crippen LogP contribution in [0.3, 0.4) is 0 Å². The fourth-order valence-corrected chi connectivity index (χ4v) is 2.72. The van der Waals surface area contributed by atoms with Crippen molar-refractivity contribution in [2.75, 3.05) is 27.2 Å². The average molecular weight is 243 g/mol. The molecule has 0 bridgehead atoms. The highest BCUT2D eigenvalue weighted by Crippen LogP contribution is 2.25. The first-order valence-corrected chi connectivity index (χ1v) is 6.52. The number of hydrogen-bond donors (Lipinski definition) is 1. The van der Waals surface area contributed by atoms with Gasteiger partial charge in [-0.25, -0.2) is 0 Å². The average Bonchev–Trinajstić information content (AvgIpc) is 2.60. The largest absolute Gasteiger partial charge is 0.356 e. The number of hydrogen-bond acceptors (Lipinski definition) is 4. The Bertz CT molecular complexity index is 276. The zero-order chi connectivity index (χ0) is 12.1. The van der Waals surface area contributed by atoms with Crippen LogP contribution in [0.2, 0.25) is 0 Å². The van der Waals surface area contributed by atoms with Crippen molar-refractivity contribution < 1.29 is 4.79 Å². The summed E-state index contributed by atoms with van der Waals surface area (Å²) in [5.41, 5.74) is 0. The lowest BCUT2D eigenvalue weighted by Gasteiger charge is -2.13. The molecule has 1 aliphatic rings. The van der Waals surface area contributed by atoms with Gasteiger partial charge in [0.05, 0.1) is 13.1 Å². The third-order valence-electron chi connectivity index (χ3n) is 2.34. The molecular weight excluding hydrogens is 222 g/mol. The van der Waals surface area contributed by atoms with Crippen LogP contribution in [-0.2, 0) is 4.79 Å². The predicted molar refractivity (Wildman–Crippen MR) is 69.8 cm³/mol. The van der Waals surface area contributed by atoms with E-state index >= 15 is 0 Å². The Labute approximate surface area is 102 Å². The van der Waals surface area contributed by atoms with Crippen LogP contribution in [0, 0.1) is 5.92 Å². The van der Waals surface area contributed by atoms with Crippen molar-refractivity contribution in [2.24, 2.45) is 10.9 Å². The lowest BCUT2D eigenvalue weighted by Crippen LogP contribution is -2.34. The summed E-state index contributed by atoms with van der Waals surface area (Å²) in [7, 11) is 3.52. The third-order valence-corrected chi connectivity index (χ3v) is 3.51. The molecule has 5 heteroatoms. The molecule has 0 saturated heterocycles. The number of nitrogens with zero attached hydrogens (tertiary/aromatic N) is 2. The monoisotopic (exact) mass is 243 g/mol. The fourth-order valence-electron chi connectivity index (χ4n) is 1.47. The van der Waals surface area contributed by atoms with Crippen molar-refractivity contribution in [3.63, 3.8) is 0 Å². The van der Waals surface area contributed by atoms with Gasteiger partial charge in [-0.3, -0.25) is 9.79 Å². The van der Waals surface area contributed by atoms with E-state index in [0.29, 0.717) is 17.7 Å². The topological polar surface area (TPSA) is 44.7 Å². The molecule has 0 aliphatic carbocycles. The molecule has 0 spiro atoms. The highest BCUT2D eigenvalue weighted by molar-refractivity contribution is 8.14. The summed E-state index contributed by atoms with van der Waals surface area (Å²) in [6.07, 6.45) is 1.18. The van der Waals surface area contributed by atoms with Gasteiger partial charge in [0.2, 0.25) is 5.91 Å². The van der Waals surface area contributed by atoms with Crippen molar-refractivity contribution >= 4 is 22.8 Å². The second kappa shape index (κ2) is 6.13. The van der Waals surface area contributed by atoms with Crippen LogP contribution in [0.5, 0.6) is 0 Å². The molecule has 0 radical (unpaired) electrons. The van der Waals surface area contributed by atoms with Crippen molar-refractivity contribution in [2.45, 2.75) is 25.5 Å². The number of carbonyl (C=O) groups is 1. The Balaban J connectivity index is 2.23. The maximum atomic E-state index is 11.4. The van der Waals surface area contributed by atoms with Gasteiger partial charge in [-0.15, -0.1) is 0 Å². The number of likely N-dealkylation sites (N-methyl/N-ethyl adjacent to an activating group) is 1. The first-order chi connectivity index (χ1) is 7.49. The SMILES string of the molecule is CC(C)CC1CN=C(NCC(=O)N(C)C)S1. The molecule has 92 valence electrons. The van der Waals surface area contributed by atoms with Crippen molar-refractivity contribution in [1.29, 1.82) is 0 Å². The number of amides is 1. The first kappa shape index (κ1) is 13.4. The van der Waals surface area contributed by atoms with Gasteiger partial charge in [0.15, 0.2) is 5.17 Å². The quantitative estimate of drug-likeness (QED) is 0.806. The lowest BCUT2D eigenvalue weighted by atomic mass is 10.1. The van der Waals surface area contributed by atoms with Crippen LogP contribution in [-0.4, -0.2) is 48.4 Å². The van der Waals surface area contributed by atoms with E-state index in [-0.39, 0.29) is 5.91 Å². The second-order valence-corrected chi connectivity index (χ2v) is 5.95. The molecule has 1 atom stereocenters. The van der Waals surface area contributed by atoms with E-state index < -0.39 is 0 Å². The number of thioether (sulfide) groups is 1. The number of amidine groups is 1. The summed E-state index contributed by atoms with van der Waals surface area (Å²) in [5.74, 6) is 0.783. The molecule has 0 aromatic carbocycles. The molecule has 0 aromatic rings. The Morgan fingerprint density at radius 3 is 2.88 bits per heavy atom. The summed E-state index contributed by atoms with van der Waals surface area (Å²) in [6.45, 7) is 5.66. The summed E-state index contributed by atoms with van der Waals surface area (Å²) in [5, 5.41) is 4.59. The van der Waals surface area contributed by atoms with E-state index in [4.69, 9.17) is 0 Å². The Kier molecular flexibility index (Phi) is 5.12. The zero-order valence-corrected chi connectivity index (χ0v) is 11.3. The van der Waals surface area contributed by atoms with E-state index in [2.05, 4.69) is 24.2 Å². The van der Waals surface area contributed by atoms with Crippen LogP contribution in [0.4, 0.5) is 0 Å². The molecule has 1 heterocycles. The smallest absolute Gasteiger partial charge is 0.241 e. The maximum absolute atomic E-state index is 11.4. The molecule has 0 aromatic heterocycles. The molecule has 0 fully saturated rings. The minimum Gasteiger partial charge on any atom is -0.356 e. The number of aliphatic imine (C=N–C) groups is 1. The van der Waals surface area contributed by atoms with Crippen LogP contribution in [0.15, 0.2) is 4.99 Å². The van der Waals surface area contributed by atoms with Gasteiger partial charge >= 0.3 is 0 Å². The fraction of sp³-hybridized carbons (Fsp3) is 0.818. The van der Waals surface area contributed by atoms with Crippen molar-refractivity contribution in [1.82, 2.24) is 10.2 Å². The molecule has 1 N–H and O–H groups in total. The lowest BCUT2D eigenvalue weighted by molar-refractivity contribution is -0.127. The van der Waals surface area contributed by atoms with Gasteiger partial charge in [0, 0.05) is 19.3 Å². The Hall–Kier alpha value is -0.710. The van der Waals surface area contributed by atoms with E-state index in [1.54, 1.807) is 30.8 Å². The number of nitrogens with one attached hydrogen (secondary N) is 1. The van der Waals surface area contributed by atoms with Crippen LogP contribution >= 0.6 is 11.8 Å². The van der Waals surface area contributed by atoms with Crippen molar-refractivity contribution in [3.05, 3.63) is 0 Å². The summed E-state index contributed by atoms with van der Waals surface area (Å²) in [4.78, 5) is 17.3. The van der Waals surface area contributed by atoms with Gasteiger partial charge in [0.1, 0.15) is 0 Å². The predicted octanol–water partition coefficient (Wildman–Crippen LogP) is 1.18. The van der Waals surface area contributed by atoms with Gasteiger partial charge in [-0.2, -0.15) is 0 Å². The minimum absolute atomic E-state index is 0.0793. The summed E-state index contributed by atoms with van der Waals surface area (Å²) in [6, 6.07) is 0. The molecule has 16 heavy (non-hydrogen) atoms. The molecule has 1 amide bonds. The van der Waals surface area contributed by atoms with Crippen LogP contribution in [0.25, 0.3) is 0 Å². The van der Waals surface area contributed by atoms with Crippen LogP contribution < -0.4 is 5.32 Å². The Morgan fingerprint density at radius 1 is 1.62 bits per heavy atom. The van der Waals surface area contributed by atoms with Gasteiger partial charge < -0.3 is 10.2 Å². The van der Waals surface area contributed by atoms with E-state index in [1.165, 1.54) is 6.42 Å². The molecule has 1 aliphatic heterocycles. The van der Waals surface area contributed by atoms with Gasteiger partial charge in [-0.05, 0) is 12.3 Å². The molecule has 1 rings (SSSR count). The van der Waals surface area contributed by atoms with E-state index in [1.807, 2.05) is 0 Å². The Morgan fingerprint density at radius 2 is 2.31 bits per heavy atom. The maximum Gasteiger partial charge on any atom is 0.241 e. The third kappa shape index (κ3) is 4.43. The van der Waals surface area contributed by atoms with Gasteiger partial charge in [0.25, 0.3) is 0 Å². The molecule has 0 saturated carbocycles. The van der Waals surface area contributed by atoms with Crippen LogP contribution in [0.1, 0.15) is 20.3 Å². The summed E-state index contributed by atoms with van der Waals surface area (Å²) < 4.78 is 0. The van der Waals surface area contributed by atoms with Gasteiger partial charge in [-0.1, -0.05) is 25.6 Å². The molecule has 4 nitrogen and oxygen atoms in total. The molecule has 1 unspecified atom stereocenters. The minimum atomic E-state index is 0.0793. The van der Waals surface area contributed by atoms with E-state index in [9.17, 15) is 4.79 Å². The highest BCUT2D eigenvalue weighted by atomic mass is 32.2. The summed E-state index contributed by atoms with van der Waals surface area (Å²) >= 11 is 1.76. The molecular formula is C11H21N3OS. The zero-order valence-electron chi connectivity index (χ0n) is 10.5. The standard InChI is InChI=1S/C11H21N3OS/c1-8(2)5-9-6-12-11(16-9)13-7-10(15)14(3)4/h8-9H,5-7H2,1-4H3,(H,12,13).